The number of hydrogen-bond donors (Lipinski definition) is 2. The molecule has 0 amide bonds. The molecule has 0 unspecified atom stereocenters. The number of aliphatic hydroxyl groups is 1. The van der Waals surface area contributed by atoms with Crippen LogP contribution in [-0.2, 0) is 16.4 Å². The van der Waals surface area contributed by atoms with Crippen molar-refractivity contribution in [2.45, 2.75) is 26.0 Å². The van der Waals surface area contributed by atoms with E-state index in [2.05, 4.69) is 26.8 Å². The van der Waals surface area contributed by atoms with Crippen molar-refractivity contribution in [2.24, 2.45) is 0 Å². The van der Waals surface area contributed by atoms with Crippen molar-refractivity contribution in [3.8, 4) is 23.1 Å². The Hall–Kier alpha value is -2.96. The largest absolute Gasteiger partial charge is 0.378 e. The molecule has 8 nitrogen and oxygen atoms in total. The molecule has 0 radical (unpaired) electrons. The smallest absolute Gasteiger partial charge is 0.220 e. The van der Waals surface area contributed by atoms with Gasteiger partial charge in [0, 0.05) is 36.1 Å². The number of nitrogens with zero attached hydrogens (tertiary/aromatic N) is 4. The van der Waals surface area contributed by atoms with E-state index in [9.17, 15) is 13.5 Å². The zero-order chi connectivity index (χ0) is 20.5. The molecule has 0 aromatic carbocycles. The molecule has 0 bridgehead atoms. The van der Waals surface area contributed by atoms with Gasteiger partial charge >= 0.3 is 0 Å². The van der Waals surface area contributed by atoms with Gasteiger partial charge in [-0.2, -0.15) is 0 Å². The first-order chi connectivity index (χ1) is 13.0. The molecular weight excluding hydrogens is 378 g/mol. The average Bonchev–Trinajstić information content (AvgIpc) is 2.95. The Kier molecular flexibility index (Phi) is 5.10. The Morgan fingerprint density at radius 3 is 2.71 bits per heavy atom. The molecule has 0 saturated heterocycles. The fourth-order valence-electron chi connectivity index (χ4n) is 2.65. The minimum atomic E-state index is -3.12. The topological polar surface area (TPSA) is 124 Å². The minimum absolute atomic E-state index is 0.00237. The van der Waals surface area contributed by atoms with Crippen molar-refractivity contribution in [1.29, 1.82) is 0 Å². The summed E-state index contributed by atoms with van der Waals surface area (Å²) in [5, 5.41) is 10.6. The molecule has 146 valence electrons. The lowest BCUT2D eigenvalue weighted by molar-refractivity contribution is 0.143. The van der Waals surface area contributed by atoms with E-state index >= 15 is 0 Å². The predicted molar refractivity (Wildman–Crippen MR) is 108 cm³/mol. The summed E-state index contributed by atoms with van der Waals surface area (Å²) in [5.74, 6) is 5.74. The summed E-state index contributed by atoms with van der Waals surface area (Å²) in [6.07, 6.45) is 6.23. The Morgan fingerprint density at radius 1 is 1.32 bits per heavy atom. The second kappa shape index (κ2) is 7.22. The Bertz CT molecular complexity index is 1200. The average molecular weight is 399 g/mol. The number of anilines is 1. The maximum atomic E-state index is 11.6. The van der Waals surface area contributed by atoms with E-state index in [4.69, 9.17) is 5.73 Å². The quantitative estimate of drug-likeness (QED) is 0.633. The monoisotopic (exact) mass is 399 g/mol. The molecule has 3 N–H and O–H groups in total. The highest BCUT2D eigenvalue weighted by atomic mass is 32.2. The lowest BCUT2D eigenvalue weighted by Crippen LogP contribution is -2.14. The van der Waals surface area contributed by atoms with Crippen LogP contribution in [0.15, 0.2) is 30.7 Å². The van der Waals surface area contributed by atoms with Gasteiger partial charge in [0.25, 0.3) is 0 Å². The third kappa shape index (κ3) is 4.85. The molecule has 0 aliphatic carbocycles. The number of rotatable bonds is 4. The number of nitrogens with two attached hydrogens (primary N) is 1. The van der Waals surface area contributed by atoms with Crippen LogP contribution in [0.25, 0.3) is 22.2 Å². The standard InChI is InChI=1S/C19H21N5O3S/c1-19(2,25)6-4-13-10-14-15(16-5-7-21-18(20)23-16)12-24(17(14)11-22-13)8-9-28(3,26)27/h5,7,10-12,25H,8-9H2,1-3H3,(H2,20,21,23). The summed E-state index contributed by atoms with van der Waals surface area (Å²) in [5.41, 5.74) is 7.20. The van der Waals surface area contributed by atoms with Gasteiger partial charge in [-0.05, 0) is 31.9 Å². The van der Waals surface area contributed by atoms with Crippen LogP contribution >= 0.6 is 0 Å². The van der Waals surface area contributed by atoms with E-state index in [0.29, 0.717) is 11.4 Å². The van der Waals surface area contributed by atoms with Gasteiger partial charge in [-0.1, -0.05) is 5.92 Å². The van der Waals surface area contributed by atoms with Gasteiger partial charge in [-0.15, -0.1) is 0 Å². The molecule has 0 atom stereocenters. The van der Waals surface area contributed by atoms with Crippen LogP contribution in [0.3, 0.4) is 0 Å². The van der Waals surface area contributed by atoms with Gasteiger partial charge in [0.2, 0.25) is 5.95 Å². The van der Waals surface area contributed by atoms with Crippen LogP contribution in [0, 0.1) is 11.8 Å². The van der Waals surface area contributed by atoms with Crippen LogP contribution in [-0.4, -0.2) is 50.7 Å². The number of nitrogen functional groups attached to an aromatic ring is 1. The molecule has 0 spiro atoms. The van der Waals surface area contributed by atoms with Gasteiger partial charge < -0.3 is 15.4 Å². The number of sulfone groups is 1. The van der Waals surface area contributed by atoms with Crippen LogP contribution in [0.1, 0.15) is 19.5 Å². The highest BCUT2D eigenvalue weighted by Gasteiger charge is 2.15. The molecular formula is C19H21N5O3S. The lowest BCUT2D eigenvalue weighted by Gasteiger charge is -2.06. The van der Waals surface area contributed by atoms with Crippen molar-refractivity contribution < 1.29 is 13.5 Å². The molecule has 0 aliphatic rings. The summed E-state index contributed by atoms with van der Waals surface area (Å²) in [6.45, 7) is 3.47. The summed E-state index contributed by atoms with van der Waals surface area (Å²) >= 11 is 0. The first kappa shape index (κ1) is 19.8. The van der Waals surface area contributed by atoms with Crippen LogP contribution in [0.5, 0.6) is 0 Å². The highest BCUT2D eigenvalue weighted by Crippen LogP contribution is 2.30. The number of aromatic nitrogens is 4. The summed E-state index contributed by atoms with van der Waals surface area (Å²) in [7, 11) is -3.12. The Balaban J connectivity index is 2.16. The summed E-state index contributed by atoms with van der Waals surface area (Å²) < 4.78 is 25.0. The van der Waals surface area contributed by atoms with Crippen molar-refractivity contribution in [3.63, 3.8) is 0 Å². The zero-order valence-corrected chi connectivity index (χ0v) is 16.7. The first-order valence-corrected chi connectivity index (χ1v) is 10.6. The summed E-state index contributed by atoms with van der Waals surface area (Å²) in [6, 6.07) is 3.52. The summed E-state index contributed by atoms with van der Waals surface area (Å²) in [4.78, 5) is 12.5. The number of hydrogen-bond acceptors (Lipinski definition) is 7. The van der Waals surface area contributed by atoms with E-state index in [1.807, 2.05) is 10.8 Å². The zero-order valence-electron chi connectivity index (χ0n) is 15.8. The lowest BCUT2D eigenvalue weighted by atomic mass is 10.1. The molecule has 3 heterocycles. The fourth-order valence-corrected chi connectivity index (χ4v) is 3.18. The van der Waals surface area contributed by atoms with E-state index < -0.39 is 15.4 Å². The molecule has 3 rings (SSSR count). The maximum absolute atomic E-state index is 11.6. The molecule has 3 aromatic rings. The minimum Gasteiger partial charge on any atom is -0.378 e. The van der Waals surface area contributed by atoms with Crippen molar-refractivity contribution in [3.05, 3.63) is 36.4 Å². The third-order valence-corrected chi connectivity index (χ3v) is 4.84. The van der Waals surface area contributed by atoms with Crippen molar-refractivity contribution in [2.75, 3.05) is 17.7 Å². The molecule has 0 saturated carbocycles. The molecule has 0 aliphatic heterocycles. The van der Waals surface area contributed by atoms with E-state index in [-0.39, 0.29) is 18.2 Å². The second-order valence-electron chi connectivity index (χ2n) is 7.06. The number of aryl methyl sites for hydroxylation is 1. The number of fused-ring (bicyclic) bond motifs is 1. The van der Waals surface area contributed by atoms with Gasteiger partial charge in [-0.3, -0.25) is 0 Å². The Labute approximate surface area is 163 Å². The van der Waals surface area contributed by atoms with Gasteiger partial charge in [0.15, 0.2) is 0 Å². The highest BCUT2D eigenvalue weighted by molar-refractivity contribution is 7.90. The SMILES string of the molecule is CC(C)(O)C#Cc1cc2c(-c3ccnc(N)n3)cn(CCS(C)(=O)=O)c2cn1. The first-order valence-electron chi connectivity index (χ1n) is 8.53. The van der Waals surface area contributed by atoms with Gasteiger partial charge in [0.1, 0.15) is 21.1 Å². The van der Waals surface area contributed by atoms with E-state index in [1.165, 1.54) is 6.26 Å². The van der Waals surface area contributed by atoms with Crippen molar-refractivity contribution in [1.82, 2.24) is 19.5 Å². The fraction of sp³-hybridized carbons (Fsp3) is 0.316. The Morgan fingerprint density at radius 2 is 2.07 bits per heavy atom. The maximum Gasteiger partial charge on any atom is 0.220 e. The predicted octanol–water partition coefficient (Wildman–Crippen LogP) is 1.24. The second-order valence-corrected chi connectivity index (χ2v) is 9.32. The van der Waals surface area contributed by atoms with Crippen LogP contribution in [0.2, 0.25) is 0 Å². The normalized spacial score (nSPS) is 12.0. The van der Waals surface area contributed by atoms with Crippen LogP contribution in [0.4, 0.5) is 5.95 Å². The molecule has 3 aromatic heterocycles. The van der Waals surface area contributed by atoms with Crippen molar-refractivity contribution >= 4 is 26.7 Å². The van der Waals surface area contributed by atoms with Gasteiger partial charge in [-0.25, -0.2) is 23.4 Å². The number of pyridine rings is 1. The third-order valence-electron chi connectivity index (χ3n) is 3.92. The van der Waals surface area contributed by atoms with Crippen LogP contribution < -0.4 is 5.73 Å². The van der Waals surface area contributed by atoms with Gasteiger partial charge in [0.05, 0.1) is 23.2 Å². The van der Waals surface area contributed by atoms with E-state index in [1.54, 1.807) is 38.4 Å². The molecule has 0 fully saturated rings. The molecule has 9 heteroatoms. The van der Waals surface area contributed by atoms with E-state index in [0.717, 1.165) is 16.5 Å². The molecule has 28 heavy (non-hydrogen) atoms.